The van der Waals surface area contributed by atoms with Crippen LogP contribution in [-0.4, -0.2) is 47.4 Å². The maximum Gasteiger partial charge on any atom is 0.305 e. The van der Waals surface area contributed by atoms with Crippen LogP contribution in [0, 0.1) is 0 Å². The van der Waals surface area contributed by atoms with E-state index in [1.54, 1.807) is 6.08 Å². The number of esters is 1. The maximum atomic E-state index is 12.5. The fourth-order valence-corrected chi connectivity index (χ4v) is 10.4. The zero-order valence-corrected chi connectivity index (χ0v) is 49.4. The van der Waals surface area contributed by atoms with Crippen molar-refractivity contribution in [2.24, 2.45) is 0 Å². The molecule has 0 rings (SSSR count). The highest BCUT2D eigenvalue weighted by Crippen LogP contribution is 2.18. The highest BCUT2D eigenvalue weighted by atomic mass is 16.5. The van der Waals surface area contributed by atoms with Crippen LogP contribution in [0.4, 0.5) is 0 Å². The van der Waals surface area contributed by atoms with Gasteiger partial charge in [0.2, 0.25) is 5.91 Å². The Labute approximate surface area is 456 Å². The molecule has 1 amide bonds. The Morgan fingerprint density at radius 2 is 0.644 bits per heavy atom. The van der Waals surface area contributed by atoms with Crippen molar-refractivity contribution < 1.29 is 24.5 Å². The lowest BCUT2D eigenvalue weighted by Gasteiger charge is -2.20. The average Bonchev–Trinajstić information content (AvgIpc) is 3.39. The Morgan fingerprint density at radius 1 is 0.370 bits per heavy atom. The van der Waals surface area contributed by atoms with E-state index in [2.05, 4.69) is 31.3 Å². The Hall–Kier alpha value is -1.66. The van der Waals surface area contributed by atoms with Crippen molar-refractivity contribution in [1.29, 1.82) is 0 Å². The molecule has 432 valence electrons. The molecule has 0 fully saturated rings. The largest absolute Gasteiger partial charge is 0.466 e. The molecule has 0 aliphatic carbocycles. The molecule has 0 saturated carbocycles. The molecular weight excluding hydrogens is 899 g/mol. The van der Waals surface area contributed by atoms with Crippen molar-refractivity contribution in [2.45, 2.75) is 379 Å². The number of carbonyl (C=O) groups is 2. The topological polar surface area (TPSA) is 95.9 Å². The lowest BCUT2D eigenvalue weighted by atomic mass is 10.0. The second-order valence-corrected chi connectivity index (χ2v) is 22.8. The minimum absolute atomic E-state index is 0.00682. The molecule has 0 bridgehead atoms. The highest BCUT2D eigenvalue weighted by molar-refractivity contribution is 5.76. The number of amides is 1. The first-order valence-corrected chi connectivity index (χ1v) is 33.1. The average molecular weight is 1030 g/mol. The van der Waals surface area contributed by atoms with Gasteiger partial charge in [-0.05, 0) is 57.8 Å². The van der Waals surface area contributed by atoms with Crippen LogP contribution in [0.3, 0.4) is 0 Å². The third-order valence-electron chi connectivity index (χ3n) is 15.5. The second kappa shape index (κ2) is 62.9. The fraction of sp³-hybridized carbons (Fsp3) is 0.910. The molecule has 0 spiro atoms. The summed E-state index contributed by atoms with van der Waals surface area (Å²) >= 11 is 0. The van der Waals surface area contributed by atoms with Crippen LogP contribution in [0.1, 0.15) is 367 Å². The van der Waals surface area contributed by atoms with Crippen LogP contribution >= 0.6 is 0 Å². The summed E-state index contributed by atoms with van der Waals surface area (Å²) in [6.45, 7) is 4.93. The molecular formula is C67H129NO5. The summed E-state index contributed by atoms with van der Waals surface area (Å²) in [4.78, 5) is 24.6. The van der Waals surface area contributed by atoms with E-state index in [4.69, 9.17) is 4.74 Å². The van der Waals surface area contributed by atoms with E-state index in [-0.39, 0.29) is 18.5 Å². The third kappa shape index (κ3) is 59.4. The molecule has 0 heterocycles. The molecule has 0 saturated heterocycles. The van der Waals surface area contributed by atoms with Gasteiger partial charge in [-0.3, -0.25) is 9.59 Å². The predicted octanol–water partition coefficient (Wildman–Crippen LogP) is 21.0. The summed E-state index contributed by atoms with van der Waals surface area (Å²) in [6.07, 6.45) is 78.0. The predicted molar refractivity (Wildman–Crippen MR) is 320 cm³/mol. The molecule has 6 nitrogen and oxygen atoms in total. The molecule has 0 aliphatic rings. The van der Waals surface area contributed by atoms with Gasteiger partial charge in [0.05, 0.1) is 25.4 Å². The van der Waals surface area contributed by atoms with E-state index in [0.717, 1.165) is 57.8 Å². The fourth-order valence-electron chi connectivity index (χ4n) is 10.4. The van der Waals surface area contributed by atoms with Gasteiger partial charge in [0.25, 0.3) is 0 Å². The quantitative estimate of drug-likeness (QED) is 0.0320. The molecule has 0 aliphatic heterocycles. The summed E-state index contributed by atoms with van der Waals surface area (Å²) in [5, 5.41) is 23.2. The number of hydrogen-bond donors (Lipinski definition) is 3. The number of allylic oxidation sites excluding steroid dienone is 3. The number of nitrogens with one attached hydrogen (secondary N) is 1. The zero-order chi connectivity index (χ0) is 52.9. The van der Waals surface area contributed by atoms with E-state index >= 15 is 0 Å². The minimum atomic E-state index is -0.854. The van der Waals surface area contributed by atoms with Crippen molar-refractivity contribution in [2.75, 3.05) is 13.2 Å². The van der Waals surface area contributed by atoms with E-state index in [1.165, 1.54) is 283 Å². The van der Waals surface area contributed by atoms with Crippen molar-refractivity contribution in [3.63, 3.8) is 0 Å². The summed E-state index contributed by atoms with van der Waals surface area (Å²) in [6, 6.07) is -0.639. The zero-order valence-electron chi connectivity index (χ0n) is 49.4. The second-order valence-electron chi connectivity index (χ2n) is 22.8. The smallest absolute Gasteiger partial charge is 0.305 e. The van der Waals surface area contributed by atoms with E-state index < -0.39 is 12.1 Å². The third-order valence-corrected chi connectivity index (χ3v) is 15.5. The normalized spacial score (nSPS) is 12.7. The van der Waals surface area contributed by atoms with Crippen molar-refractivity contribution in [1.82, 2.24) is 5.32 Å². The number of aliphatic hydroxyl groups is 2. The number of rotatable bonds is 62. The van der Waals surface area contributed by atoms with Gasteiger partial charge in [0.1, 0.15) is 0 Å². The first kappa shape index (κ1) is 71.3. The number of hydrogen-bond acceptors (Lipinski definition) is 5. The van der Waals surface area contributed by atoms with Crippen LogP contribution in [0.15, 0.2) is 24.3 Å². The van der Waals surface area contributed by atoms with Crippen LogP contribution in [-0.2, 0) is 14.3 Å². The Kier molecular flexibility index (Phi) is 61.4. The molecule has 0 radical (unpaired) electrons. The van der Waals surface area contributed by atoms with Crippen molar-refractivity contribution in [3.05, 3.63) is 24.3 Å². The number of unbranched alkanes of at least 4 members (excludes halogenated alkanes) is 49. The van der Waals surface area contributed by atoms with Crippen LogP contribution < -0.4 is 5.32 Å². The highest BCUT2D eigenvalue weighted by Gasteiger charge is 2.18. The molecule has 73 heavy (non-hydrogen) atoms. The van der Waals surface area contributed by atoms with Crippen LogP contribution in [0.2, 0.25) is 0 Å². The summed E-state index contributed by atoms with van der Waals surface area (Å²) in [5.41, 5.74) is 0. The first-order chi connectivity index (χ1) is 36.0. The number of aliphatic hydroxyl groups excluding tert-OH is 2. The standard InChI is InChI=1S/C67H129NO5/c1-3-5-7-9-11-13-15-17-19-21-22-23-24-28-31-35-39-43-47-51-55-59-65(70)64(63-69)68-66(71)60-56-52-48-44-40-36-32-29-25-26-30-34-38-42-46-50-54-58-62-73-67(72)61-57-53-49-45-41-37-33-27-20-18-16-14-12-10-8-6-4-2/h29,32,55,59,64-65,69-70H,3-28,30-31,33-54,56-58,60-63H2,1-2H3,(H,68,71)/b32-29-,59-55+. The van der Waals surface area contributed by atoms with Gasteiger partial charge in [0.15, 0.2) is 0 Å². The lowest BCUT2D eigenvalue weighted by molar-refractivity contribution is -0.143. The van der Waals surface area contributed by atoms with Crippen molar-refractivity contribution >= 4 is 11.9 Å². The molecule has 0 aromatic carbocycles. The molecule has 3 N–H and O–H groups in total. The summed E-state index contributed by atoms with van der Waals surface area (Å²) in [7, 11) is 0. The minimum Gasteiger partial charge on any atom is -0.466 e. The van der Waals surface area contributed by atoms with Gasteiger partial charge in [-0.15, -0.1) is 0 Å². The summed E-state index contributed by atoms with van der Waals surface area (Å²) in [5.74, 6) is -0.0719. The molecule has 2 unspecified atom stereocenters. The van der Waals surface area contributed by atoms with Gasteiger partial charge in [-0.25, -0.2) is 0 Å². The first-order valence-electron chi connectivity index (χ1n) is 33.1. The van der Waals surface area contributed by atoms with E-state index in [0.29, 0.717) is 19.4 Å². The Morgan fingerprint density at radius 3 is 0.973 bits per heavy atom. The molecule has 2 atom stereocenters. The van der Waals surface area contributed by atoms with Crippen LogP contribution in [0.25, 0.3) is 0 Å². The SMILES string of the molecule is CCCCCCCCCCCCCCCCCCCCC/C=C/C(O)C(CO)NC(=O)CCCCCCC/C=C\CCCCCCCCCCCOC(=O)CCCCCCCCCCCCCCCCCCC. The number of carbonyl (C=O) groups excluding carboxylic acids is 2. The lowest BCUT2D eigenvalue weighted by Crippen LogP contribution is -2.45. The van der Waals surface area contributed by atoms with Crippen molar-refractivity contribution in [3.8, 4) is 0 Å². The molecule has 0 aromatic heterocycles. The Bertz CT molecular complexity index is 1140. The van der Waals surface area contributed by atoms with Gasteiger partial charge in [0, 0.05) is 12.8 Å². The maximum absolute atomic E-state index is 12.5. The molecule has 0 aromatic rings. The molecule has 6 heteroatoms. The van der Waals surface area contributed by atoms with Gasteiger partial charge in [-0.1, -0.05) is 321 Å². The monoisotopic (exact) mass is 1030 g/mol. The van der Waals surface area contributed by atoms with Gasteiger partial charge in [-0.2, -0.15) is 0 Å². The van der Waals surface area contributed by atoms with Gasteiger partial charge >= 0.3 is 5.97 Å². The Balaban J connectivity index is 3.46. The van der Waals surface area contributed by atoms with Crippen LogP contribution in [0.5, 0.6) is 0 Å². The van der Waals surface area contributed by atoms with E-state index in [1.807, 2.05) is 6.08 Å². The van der Waals surface area contributed by atoms with Gasteiger partial charge < -0.3 is 20.3 Å². The summed E-state index contributed by atoms with van der Waals surface area (Å²) < 4.78 is 5.49. The van der Waals surface area contributed by atoms with E-state index in [9.17, 15) is 19.8 Å². The number of ether oxygens (including phenoxy) is 1.